The lowest BCUT2D eigenvalue weighted by atomic mass is 10.2. The quantitative estimate of drug-likeness (QED) is 0.205. The van der Waals surface area contributed by atoms with Crippen LogP contribution in [0.5, 0.6) is 0 Å². The Kier molecular flexibility index (Phi) is 11.3. The summed E-state index contributed by atoms with van der Waals surface area (Å²) in [5, 5.41) is 19.4. The predicted molar refractivity (Wildman–Crippen MR) is 135 cm³/mol. The van der Waals surface area contributed by atoms with Gasteiger partial charge in [-0.2, -0.15) is 0 Å². The molecule has 2 aromatic carbocycles. The molecule has 0 aliphatic heterocycles. The zero-order valence-corrected chi connectivity index (χ0v) is 21.4. The van der Waals surface area contributed by atoms with E-state index in [9.17, 15) is 4.79 Å². The first-order valence-electron chi connectivity index (χ1n) is 10.4. The van der Waals surface area contributed by atoms with Gasteiger partial charge in [0, 0.05) is 13.1 Å². The Bertz CT molecular complexity index is 1180. The molecule has 0 saturated carbocycles. The van der Waals surface area contributed by atoms with Crippen molar-refractivity contribution in [3.8, 4) is 0 Å². The van der Waals surface area contributed by atoms with Crippen molar-refractivity contribution in [3.63, 3.8) is 0 Å². The number of nitrogens with zero attached hydrogens (tertiary/aromatic N) is 2. The number of fused-ring (bicyclic) bond motifs is 1. The lowest BCUT2D eigenvalue weighted by Gasteiger charge is -2.17. The Morgan fingerprint density at radius 3 is 2.46 bits per heavy atom. The number of aliphatic carboxylic acids is 2. The van der Waals surface area contributed by atoms with Gasteiger partial charge in [-0.3, -0.25) is 4.79 Å². The number of nitrogens with one attached hydrogen (secondary N) is 1. The summed E-state index contributed by atoms with van der Waals surface area (Å²) < 4.78 is 5.68. The van der Waals surface area contributed by atoms with E-state index in [0.29, 0.717) is 21.8 Å². The normalized spacial score (nSPS) is 10.7. The van der Waals surface area contributed by atoms with Crippen molar-refractivity contribution >= 4 is 63.9 Å². The van der Waals surface area contributed by atoms with Gasteiger partial charge in [-0.1, -0.05) is 53.2 Å². The van der Waals surface area contributed by atoms with Crippen molar-refractivity contribution in [3.05, 3.63) is 57.6 Å². The molecule has 0 spiro atoms. The molecule has 3 aromatic rings. The van der Waals surface area contributed by atoms with Crippen molar-refractivity contribution in [1.82, 2.24) is 15.2 Å². The number of carboxylic acids is 2. The van der Waals surface area contributed by atoms with Crippen LogP contribution in [0.2, 0.25) is 10.0 Å². The van der Waals surface area contributed by atoms with Gasteiger partial charge in [0.25, 0.3) is 5.22 Å². The van der Waals surface area contributed by atoms with E-state index in [-0.39, 0.29) is 11.7 Å². The summed E-state index contributed by atoms with van der Waals surface area (Å²) in [4.78, 5) is 36.9. The van der Waals surface area contributed by atoms with Gasteiger partial charge in [0.2, 0.25) is 5.91 Å². The Morgan fingerprint density at radius 1 is 1.11 bits per heavy atom. The van der Waals surface area contributed by atoms with Crippen molar-refractivity contribution in [2.24, 2.45) is 0 Å². The number of oxazole rings is 1. The maximum absolute atomic E-state index is 12.1. The second-order valence-corrected chi connectivity index (χ2v) is 9.23. The fourth-order valence-corrected chi connectivity index (χ4v) is 3.89. The number of carboxylic acid groups (broad SMARTS) is 2. The number of benzene rings is 2. The molecular weight excluding hydrogens is 517 g/mol. The minimum Gasteiger partial charge on any atom is -0.473 e. The molecule has 0 radical (unpaired) electrons. The highest BCUT2D eigenvalue weighted by atomic mass is 35.5. The Morgan fingerprint density at radius 2 is 1.83 bits per heavy atom. The molecule has 1 aromatic heterocycles. The van der Waals surface area contributed by atoms with E-state index in [1.165, 1.54) is 11.8 Å². The molecule has 0 aliphatic rings. The monoisotopic (exact) mass is 541 g/mol. The van der Waals surface area contributed by atoms with Gasteiger partial charge < -0.3 is 24.8 Å². The first-order chi connectivity index (χ1) is 16.6. The van der Waals surface area contributed by atoms with E-state index in [1.54, 1.807) is 0 Å². The average molecular weight is 542 g/mol. The fourth-order valence-electron chi connectivity index (χ4n) is 2.91. The number of hydrogen-bond acceptors (Lipinski definition) is 7. The molecule has 0 fully saturated rings. The fraction of sp³-hybridized carbons (Fsp3) is 0.304. The summed E-state index contributed by atoms with van der Waals surface area (Å²) in [5.74, 6) is -3.39. The van der Waals surface area contributed by atoms with Crippen LogP contribution in [0.4, 0.5) is 0 Å². The van der Waals surface area contributed by atoms with Crippen LogP contribution in [-0.2, 0) is 20.9 Å². The molecule has 0 unspecified atom stereocenters. The van der Waals surface area contributed by atoms with Crippen LogP contribution in [0.25, 0.3) is 11.1 Å². The first-order valence-corrected chi connectivity index (χ1v) is 12.1. The predicted octanol–water partition coefficient (Wildman–Crippen LogP) is 4.33. The van der Waals surface area contributed by atoms with Crippen LogP contribution in [0.15, 0.2) is 46.0 Å². The van der Waals surface area contributed by atoms with Crippen LogP contribution >= 0.6 is 35.0 Å². The van der Waals surface area contributed by atoms with E-state index < -0.39 is 11.9 Å². The average Bonchev–Trinajstić information content (AvgIpc) is 3.23. The van der Waals surface area contributed by atoms with E-state index in [2.05, 4.69) is 15.2 Å². The molecular formula is C23H25Cl2N3O6S. The number of aromatic nitrogens is 1. The standard InChI is InChI=1S/C21H23Cl2N3O2S.C2H2O4/c1-14-5-3-6-18-20(14)25-21(28-18)29-13-19(27)24-9-4-10-26(2)12-15-7-8-16(22)17(23)11-15;3-1(4)2(5)6/h3,5-8,11H,4,9-10,12-13H2,1-2H3,(H,24,27);(H,3,4)(H,5,6). The minimum absolute atomic E-state index is 0.0267. The van der Waals surface area contributed by atoms with Gasteiger partial charge in [0.1, 0.15) is 5.52 Å². The van der Waals surface area contributed by atoms with Crippen LogP contribution in [0.1, 0.15) is 17.5 Å². The van der Waals surface area contributed by atoms with Crippen molar-refractivity contribution in [2.45, 2.75) is 25.1 Å². The number of aryl methyl sites for hydroxylation is 1. The molecule has 188 valence electrons. The Hall–Kier alpha value is -2.79. The van der Waals surface area contributed by atoms with Crippen molar-refractivity contribution < 1.29 is 29.0 Å². The highest BCUT2D eigenvalue weighted by molar-refractivity contribution is 7.99. The molecule has 3 rings (SSSR count). The number of rotatable bonds is 9. The van der Waals surface area contributed by atoms with Crippen molar-refractivity contribution in [2.75, 3.05) is 25.9 Å². The maximum Gasteiger partial charge on any atom is 0.414 e. The van der Waals surface area contributed by atoms with Gasteiger partial charge in [0.15, 0.2) is 5.58 Å². The molecule has 3 N–H and O–H groups in total. The molecule has 0 saturated heterocycles. The third-order valence-corrected chi connectivity index (χ3v) is 6.15. The highest BCUT2D eigenvalue weighted by Crippen LogP contribution is 2.25. The largest absolute Gasteiger partial charge is 0.473 e. The van der Waals surface area contributed by atoms with Crippen LogP contribution in [-0.4, -0.2) is 63.8 Å². The molecule has 1 amide bonds. The minimum atomic E-state index is -1.82. The van der Waals surface area contributed by atoms with Crippen LogP contribution in [0, 0.1) is 6.92 Å². The second-order valence-electron chi connectivity index (χ2n) is 7.49. The molecule has 0 aliphatic carbocycles. The zero-order chi connectivity index (χ0) is 26.0. The van der Waals surface area contributed by atoms with Gasteiger partial charge in [-0.05, 0) is 56.3 Å². The number of carbonyl (C=O) groups excluding carboxylic acids is 1. The van der Waals surface area contributed by atoms with E-state index in [0.717, 1.165) is 41.7 Å². The van der Waals surface area contributed by atoms with Gasteiger partial charge in [-0.15, -0.1) is 0 Å². The highest BCUT2D eigenvalue weighted by Gasteiger charge is 2.11. The molecule has 0 bridgehead atoms. The lowest BCUT2D eigenvalue weighted by molar-refractivity contribution is -0.159. The summed E-state index contributed by atoms with van der Waals surface area (Å²) in [7, 11) is 2.04. The number of amides is 1. The zero-order valence-electron chi connectivity index (χ0n) is 19.1. The number of thioether (sulfide) groups is 1. The third-order valence-electron chi connectivity index (χ3n) is 4.59. The molecule has 0 atom stereocenters. The van der Waals surface area contributed by atoms with Gasteiger partial charge in [-0.25, -0.2) is 14.6 Å². The maximum atomic E-state index is 12.1. The number of para-hydroxylation sites is 1. The molecule has 12 heteroatoms. The van der Waals surface area contributed by atoms with Crippen molar-refractivity contribution in [1.29, 1.82) is 0 Å². The Balaban J connectivity index is 0.000000641. The SMILES string of the molecule is Cc1cccc2oc(SCC(=O)NCCCN(C)Cc3ccc(Cl)c(Cl)c3)nc12.O=C(O)C(=O)O. The van der Waals surface area contributed by atoms with Gasteiger partial charge >= 0.3 is 11.9 Å². The summed E-state index contributed by atoms with van der Waals surface area (Å²) in [6.07, 6.45) is 0.857. The van der Waals surface area contributed by atoms with Gasteiger partial charge in [0.05, 0.1) is 15.8 Å². The van der Waals surface area contributed by atoms with Crippen LogP contribution in [0.3, 0.4) is 0 Å². The first kappa shape index (κ1) is 28.4. The van der Waals surface area contributed by atoms with E-state index >= 15 is 0 Å². The number of carbonyl (C=O) groups is 3. The summed E-state index contributed by atoms with van der Waals surface area (Å²) >= 11 is 13.3. The van der Waals surface area contributed by atoms with E-state index in [4.69, 9.17) is 47.4 Å². The second kappa shape index (κ2) is 13.9. The summed E-state index contributed by atoms with van der Waals surface area (Å²) in [6, 6.07) is 11.5. The Labute approximate surface area is 216 Å². The summed E-state index contributed by atoms with van der Waals surface area (Å²) in [5.41, 5.74) is 3.77. The third kappa shape index (κ3) is 9.77. The number of hydrogen-bond donors (Lipinski definition) is 3. The lowest BCUT2D eigenvalue weighted by Crippen LogP contribution is -2.29. The molecule has 9 nitrogen and oxygen atoms in total. The molecule has 35 heavy (non-hydrogen) atoms. The summed E-state index contributed by atoms with van der Waals surface area (Å²) in [6.45, 7) is 4.25. The topological polar surface area (TPSA) is 133 Å². The molecule has 1 heterocycles. The van der Waals surface area contributed by atoms with E-state index in [1.807, 2.05) is 50.4 Å². The number of halogens is 2. The van der Waals surface area contributed by atoms with Crippen LogP contribution < -0.4 is 5.32 Å². The smallest absolute Gasteiger partial charge is 0.414 e.